The van der Waals surface area contributed by atoms with Crippen LogP contribution in [0.4, 0.5) is 4.79 Å². The van der Waals surface area contributed by atoms with Crippen LogP contribution < -0.4 is 5.43 Å². The molecule has 0 aromatic rings. The Morgan fingerprint density at radius 2 is 2.00 bits per heavy atom. The van der Waals surface area contributed by atoms with Crippen molar-refractivity contribution in [2.24, 2.45) is 22.9 Å². The van der Waals surface area contributed by atoms with Crippen LogP contribution in [-0.4, -0.2) is 21.8 Å². The molecular formula is C11H15ClN2O2. The van der Waals surface area contributed by atoms with Crippen molar-refractivity contribution in [2.75, 3.05) is 0 Å². The minimum absolute atomic E-state index is 0.0151. The Morgan fingerprint density at radius 1 is 1.38 bits per heavy atom. The van der Waals surface area contributed by atoms with Gasteiger partial charge in [-0.15, -0.1) is 11.6 Å². The largest absolute Gasteiger partial charge is 0.464 e. The summed E-state index contributed by atoms with van der Waals surface area (Å²) >= 11 is 6.57. The SMILES string of the molecule is O=C(O)NN=C1C2CC3CC1CC(Cl)(C3)C2. The summed E-state index contributed by atoms with van der Waals surface area (Å²) in [5.74, 6) is 1.56. The Balaban J connectivity index is 1.83. The minimum Gasteiger partial charge on any atom is -0.464 e. The lowest BCUT2D eigenvalue weighted by Gasteiger charge is -2.54. The van der Waals surface area contributed by atoms with Crippen LogP contribution in [0.15, 0.2) is 5.10 Å². The molecular weight excluding hydrogens is 228 g/mol. The highest BCUT2D eigenvalue weighted by Crippen LogP contribution is 2.57. The second kappa shape index (κ2) is 3.36. The number of hydrogen-bond donors (Lipinski definition) is 2. The predicted octanol–water partition coefficient (Wildman–Crippen LogP) is 2.43. The Bertz CT molecular complexity index is 351. The zero-order valence-corrected chi connectivity index (χ0v) is 9.70. The lowest BCUT2D eigenvalue weighted by Crippen LogP contribution is -2.53. The molecule has 0 heterocycles. The van der Waals surface area contributed by atoms with E-state index in [4.69, 9.17) is 16.7 Å². The van der Waals surface area contributed by atoms with Crippen molar-refractivity contribution in [3.63, 3.8) is 0 Å². The van der Waals surface area contributed by atoms with E-state index >= 15 is 0 Å². The van der Waals surface area contributed by atoms with Gasteiger partial charge in [0.15, 0.2) is 0 Å². The first kappa shape index (κ1) is 10.4. The van der Waals surface area contributed by atoms with Crippen LogP contribution >= 0.6 is 11.6 Å². The van der Waals surface area contributed by atoms with Gasteiger partial charge >= 0.3 is 6.09 Å². The average molecular weight is 243 g/mol. The Morgan fingerprint density at radius 3 is 2.50 bits per heavy atom. The first-order chi connectivity index (χ1) is 7.56. The van der Waals surface area contributed by atoms with E-state index in [2.05, 4.69) is 10.5 Å². The summed E-state index contributed by atoms with van der Waals surface area (Å²) < 4.78 is 0. The van der Waals surface area contributed by atoms with E-state index in [0.717, 1.165) is 43.7 Å². The quantitative estimate of drug-likeness (QED) is 0.548. The molecule has 0 spiro atoms. The van der Waals surface area contributed by atoms with Crippen LogP contribution in [0.2, 0.25) is 0 Å². The van der Waals surface area contributed by atoms with Crippen molar-refractivity contribution in [1.82, 2.24) is 5.43 Å². The summed E-state index contributed by atoms with van der Waals surface area (Å²) in [6.07, 6.45) is 4.29. The topological polar surface area (TPSA) is 61.7 Å². The van der Waals surface area contributed by atoms with Crippen molar-refractivity contribution >= 4 is 23.4 Å². The number of carboxylic acid groups (broad SMARTS) is 1. The fourth-order valence-corrected chi connectivity index (χ4v) is 4.55. The number of carbonyl (C=O) groups is 1. The van der Waals surface area contributed by atoms with Gasteiger partial charge in [-0.25, -0.2) is 10.2 Å². The Kier molecular flexibility index (Phi) is 2.18. The smallest absolute Gasteiger partial charge is 0.425 e. The number of nitrogens with one attached hydrogen (secondary N) is 1. The van der Waals surface area contributed by atoms with Gasteiger partial charge in [-0.3, -0.25) is 0 Å². The second-order valence-corrected chi connectivity index (χ2v) is 6.25. The standard InChI is InChI=1S/C11H15ClN2O2/c12-11-3-6-1-7(4-11)9(8(2-6)5-11)13-14-10(15)16/h6-8,14H,1-5H2,(H,15,16). The number of alkyl halides is 1. The molecule has 0 aliphatic heterocycles. The van der Waals surface area contributed by atoms with Crippen LogP contribution in [0, 0.1) is 17.8 Å². The molecule has 5 heteroatoms. The molecule has 4 nitrogen and oxygen atoms in total. The molecule has 4 bridgehead atoms. The Hall–Kier alpha value is -0.770. The third-order valence-electron chi connectivity index (χ3n) is 4.23. The first-order valence-electron chi connectivity index (χ1n) is 5.81. The molecule has 0 radical (unpaired) electrons. The van der Waals surface area contributed by atoms with E-state index in [1.165, 1.54) is 0 Å². The molecule has 4 rings (SSSR count). The summed E-state index contributed by atoms with van der Waals surface area (Å²) in [4.78, 5) is 10.4. The number of halogens is 1. The molecule has 0 saturated heterocycles. The van der Waals surface area contributed by atoms with Crippen molar-refractivity contribution in [3.05, 3.63) is 0 Å². The van der Waals surface area contributed by atoms with Gasteiger partial charge in [0.1, 0.15) is 0 Å². The molecule has 0 aromatic carbocycles. The zero-order chi connectivity index (χ0) is 11.3. The summed E-state index contributed by atoms with van der Waals surface area (Å²) in [7, 11) is 0. The normalized spacial score (nSPS) is 44.6. The van der Waals surface area contributed by atoms with Gasteiger partial charge in [-0.2, -0.15) is 5.10 Å². The monoisotopic (exact) mass is 242 g/mol. The molecule has 2 atom stereocenters. The van der Waals surface area contributed by atoms with Crippen molar-refractivity contribution < 1.29 is 9.90 Å². The minimum atomic E-state index is -1.08. The molecule has 88 valence electrons. The number of nitrogens with zero attached hydrogens (tertiary/aromatic N) is 1. The molecule has 4 aliphatic carbocycles. The zero-order valence-electron chi connectivity index (χ0n) is 8.95. The molecule has 4 aliphatic rings. The van der Waals surface area contributed by atoms with Crippen LogP contribution in [-0.2, 0) is 0 Å². The van der Waals surface area contributed by atoms with Gasteiger partial charge in [-0.05, 0) is 38.0 Å². The third kappa shape index (κ3) is 1.59. The Labute approximate surface area is 99.0 Å². The summed E-state index contributed by atoms with van der Waals surface area (Å²) in [6.45, 7) is 0. The lowest BCUT2D eigenvalue weighted by molar-refractivity contribution is 0.126. The first-order valence-corrected chi connectivity index (χ1v) is 6.19. The highest BCUT2D eigenvalue weighted by molar-refractivity contribution is 6.25. The van der Waals surface area contributed by atoms with E-state index < -0.39 is 6.09 Å². The highest BCUT2D eigenvalue weighted by Gasteiger charge is 2.53. The van der Waals surface area contributed by atoms with E-state index in [1.807, 2.05) is 0 Å². The van der Waals surface area contributed by atoms with Gasteiger partial charge in [0.25, 0.3) is 0 Å². The molecule has 4 fully saturated rings. The van der Waals surface area contributed by atoms with E-state index in [-0.39, 0.29) is 4.87 Å². The fourth-order valence-electron chi connectivity index (χ4n) is 3.96. The number of hydrazone groups is 1. The van der Waals surface area contributed by atoms with Crippen LogP contribution in [0.1, 0.15) is 32.1 Å². The van der Waals surface area contributed by atoms with Gasteiger partial charge in [0, 0.05) is 22.4 Å². The van der Waals surface area contributed by atoms with E-state index in [1.54, 1.807) is 0 Å². The number of amides is 1. The maximum atomic E-state index is 10.5. The number of rotatable bonds is 1. The predicted molar refractivity (Wildman–Crippen MR) is 60.7 cm³/mol. The molecule has 2 N–H and O–H groups in total. The lowest BCUT2D eigenvalue weighted by atomic mass is 9.55. The molecule has 1 amide bonds. The van der Waals surface area contributed by atoms with Crippen molar-refractivity contribution in [1.29, 1.82) is 0 Å². The van der Waals surface area contributed by atoms with Crippen LogP contribution in [0.5, 0.6) is 0 Å². The average Bonchev–Trinajstić information content (AvgIpc) is 2.13. The third-order valence-corrected chi connectivity index (χ3v) is 4.69. The van der Waals surface area contributed by atoms with Gasteiger partial charge in [0.05, 0.1) is 0 Å². The maximum absolute atomic E-state index is 10.5. The van der Waals surface area contributed by atoms with Gasteiger partial charge in [0.2, 0.25) is 0 Å². The molecule has 4 saturated carbocycles. The fraction of sp³-hybridized carbons (Fsp3) is 0.818. The van der Waals surface area contributed by atoms with Crippen LogP contribution in [0.3, 0.4) is 0 Å². The van der Waals surface area contributed by atoms with Crippen molar-refractivity contribution in [3.8, 4) is 0 Å². The molecule has 16 heavy (non-hydrogen) atoms. The van der Waals surface area contributed by atoms with Gasteiger partial charge in [-0.1, -0.05) is 0 Å². The van der Waals surface area contributed by atoms with E-state index in [0.29, 0.717) is 11.8 Å². The molecule has 0 aromatic heterocycles. The van der Waals surface area contributed by atoms with Crippen molar-refractivity contribution in [2.45, 2.75) is 37.0 Å². The van der Waals surface area contributed by atoms with E-state index in [9.17, 15) is 4.79 Å². The summed E-state index contributed by atoms with van der Waals surface area (Å²) in [5.41, 5.74) is 3.20. The second-order valence-electron chi connectivity index (χ2n) is 5.45. The highest BCUT2D eigenvalue weighted by atomic mass is 35.5. The maximum Gasteiger partial charge on any atom is 0.425 e. The summed E-state index contributed by atoms with van der Waals surface area (Å²) in [5, 5.41) is 12.6. The summed E-state index contributed by atoms with van der Waals surface area (Å²) in [6, 6.07) is 0. The number of hydrogen-bond acceptors (Lipinski definition) is 2. The van der Waals surface area contributed by atoms with Gasteiger partial charge < -0.3 is 5.11 Å². The van der Waals surface area contributed by atoms with Crippen LogP contribution in [0.25, 0.3) is 0 Å². The molecule has 2 unspecified atom stereocenters.